The first-order chi connectivity index (χ1) is 8.77. The average Bonchev–Trinajstić information content (AvgIpc) is 2.83. The fraction of sp³-hybridized carbons (Fsp3) is 0.0714. The predicted octanol–water partition coefficient (Wildman–Crippen LogP) is 4.14. The molecule has 4 heteroatoms. The lowest BCUT2D eigenvalue weighted by Gasteiger charge is -2.12. The summed E-state index contributed by atoms with van der Waals surface area (Å²) in [7, 11) is 0. The van der Waals surface area contributed by atoms with Gasteiger partial charge in [-0.25, -0.2) is 0 Å². The van der Waals surface area contributed by atoms with E-state index in [0.29, 0.717) is 0 Å². The Balaban J connectivity index is 2.18. The summed E-state index contributed by atoms with van der Waals surface area (Å²) in [5, 5.41) is 14.6. The second kappa shape index (κ2) is 4.80. The minimum Gasteiger partial charge on any atom is -0.383 e. The molecule has 2 heterocycles. The Kier molecular flexibility index (Phi) is 3.16. The smallest absolute Gasteiger partial charge is 0.115 e. The Hall–Kier alpha value is -1.23. The quantitative estimate of drug-likeness (QED) is 0.770. The van der Waals surface area contributed by atoms with Gasteiger partial charge in [-0.1, -0.05) is 18.2 Å². The van der Waals surface area contributed by atoms with E-state index in [2.05, 4.69) is 20.9 Å². The lowest BCUT2D eigenvalue weighted by molar-refractivity contribution is 0.225. The van der Waals surface area contributed by atoms with Gasteiger partial charge in [0.1, 0.15) is 6.10 Å². The number of hydrogen-bond acceptors (Lipinski definition) is 3. The number of nitrogens with zero attached hydrogens (tertiary/aromatic N) is 1. The molecule has 1 aromatic carbocycles. The van der Waals surface area contributed by atoms with E-state index in [-0.39, 0.29) is 0 Å². The fourth-order valence-corrected chi connectivity index (χ4v) is 3.61. The maximum atomic E-state index is 10.5. The molecule has 0 fully saturated rings. The summed E-state index contributed by atoms with van der Waals surface area (Å²) in [5.74, 6) is 0. The number of pyridine rings is 1. The van der Waals surface area contributed by atoms with Crippen LogP contribution < -0.4 is 0 Å². The summed E-state index contributed by atoms with van der Waals surface area (Å²) in [4.78, 5) is 5.06. The van der Waals surface area contributed by atoms with E-state index in [1.165, 1.54) is 0 Å². The van der Waals surface area contributed by atoms with E-state index < -0.39 is 6.10 Å². The highest BCUT2D eigenvalue weighted by Gasteiger charge is 2.17. The Bertz CT molecular complexity index is 690. The SMILES string of the molecule is OC(c1sccc1Br)c1cccc2ccncc12. The molecule has 1 unspecified atom stereocenters. The van der Waals surface area contributed by atoms with Crippen molar-refractivity contribution in [2.24, 2.45) is 0 Å². The number of halogens is 1. The van der Waals surface area contributed by atoms with Crippen molar-refractivity contribution < 1.29 is 5.11 Å². The summed E-state index contributed by atoms with van der Waals surface area (Å²) < 4.78 is 0.945. The van der Waals surface area contributed by atoms with E-state index in [4.69, 9.17) is 0 Å². The molecule has 18 heavy (non-hydrogen) atoms. The van der Waals surface area contributed by atoms with Gasteiger partial charge in [0.15, 0.2) is 0 Å². The Morgan fingerprint density at radius 2 is 2.11 bits per heavy atom. The maximum absolute atomic E-state index is 10.5. The van der Waals surface area contributed by atoms with E-state index >= 15 is 0 Å². The number of aliphatic hydroxyl groups is 1. The zero-order valence-electron chi connectivity index (χ0n) is 9.38. The molecule has 1 N–H and O–H groups in total. The van der Waals surface area contributed by atoms with Gasteiger partial charge in [-0.3, -0.25) is 4.98 Å². The van der Waals surface area contributed by atoms with Crippen LogP contribution in [0, 0.1) is 0 Å². The Labute approximate surface area is 117 Å². The van der Waals surface area contributed by atoms with Gasteiger partial charge in [-0.05, 0) is 44.4 Å². The summed E-state index contributed by atoms with van der Waals surface area (Å²) >= 11 is 5.01. The van der Waals surface area contributed by atoms with Gasteiger partial charge >= 0.3 is 0 Å². The second-order valence-electron chi connectivity index (χ2n) is 3.98. The monoisotopic (exact) mass is 319 g/mol. The zero-order chi connectivity index (χ0) is 12.5. The van der Waals surface area contributed by atoms with Gasteiger partial charge in [0.2, 0.25) is 0 Å². The van der Waals surface area contributed by atoms with Crippen LogP contribution in [-0.4, -0.2) is 10.1 Å². The molecule has 0 aliphatic heterocycles. The van der Waals surface area contributed by atoms with Gasteiger partial charge in [-0.15, -0.1) is 11.3 Å². The third kappa shape index (κ3) is 1.96. The number of thiophene rings is 1. The number of aromatic nitrogens is 1. The van der Waals surface area contributed by atoms with Crippen molar-refractivity contribution in [3.05, 3.63) is 63.0 Å². The molecule has 3 rings (SSSR count). The minimum atomic E-state index is -0.618. The molecule has 0 radical (unpaired) electrons. The molecule has 0 saturated carbocycles. The number of fused-ring (bicyclic) bond motifs is 1. The van der Waals surface area contributed by atoms with Gasteiger partial charge < -0.3 is 5.11 Å². The molecule has 1 atom stereocenters. The molecule has 0 amide bonds. The normalized spacial score (nSPS) is 12.8. The standard InChI is InChI=1S/C14H10BrNOS/c15-12-5-7-18-14(12)13(17)10-3-1-2-9-4-6-16-8-11(9)10/h1-8,13,17H. The van der Waals surface area contributed by atoms with Crippen molar-refractivity contribution in [3.63, 3.8) is 0 Å². The van der Waals surface area contributed by atoms with Crippen LogP contribution in [0.3, 0.4) is 0 Å². The maximum Gasteiger partial charge on any atom is 0.115 e. The molecular weight excluding hydrogens is 310 g/mol. The number of rotatable bonds is 2. The molecule has 0 aliphatic carbocycles. The third-order valence-electron chi connectivity index (χ3n) is 2.91. The molecule has 0 bridgehead atoms. The Morgan fingerprint density at radius 3 is 2.89 bits per heavy atom. The molecule has 3 aromatic rings. The van der Waals surface area contributed by atoms with Crippen LogP contribution in [-0.2, 0) is 0 Å². The van der Waals surface area contributed by atoms with Crippen LogP contribution in [0.5, 0.6) is 0 Å². The molecule has 0 aliphatic rings. The second-order valence-corrected chi connectivity index (χ2v) is 5.78. The predicted molar refractivity (Wildman–Crippen MR) is 77.8 cm³/mol. The lowest BCUT2D eigenvalue weighted by Crippen LogP contribution is -1.99. The molecule has 0 saturated heterocycles. The Morgan fingerprint density at radius 1 is 1.22 bits per heavy atom. The molecule has 2 nitrogen and oxygen atoms in total. The van der Waals surface area contributed by atoms with Crippen LogP contribution in [0.15, 0.2) is 52.6 Å². The highest BCUT2D eigenvalue weighted by Crippen LogP contribution is 2.35. The van der Waals surface area contributed by atoms with E-state index in [1.54, 1.807) is 23.7 Å². The van der Waals surface area contributed by atoms with Crippen molar-refractivity contribution >= 4 is 38.0 Å². The van der Waals surface area contributed by atoms with Crippen molar-refractivity contribution in [1.29, 1.82) is 0 Å². The van der Waals surface area contributed by atoms with Crippen LogP contribution in [0.4, 0.5) is 0 Å². The summed E-state index contributed by atoms with van der Waals surface area (Å²) in [6.45, 7) is 0. The first-order valence-electron chi connectivity index (χ1n) is 5.51. The molecule has 0 spiro atoms. The van der Waals surface area contributed by atoms with Crippen molar-refractivity contribution in [2.75, 3.05) is 0 Å². The number of aliphatic hydroxyl groups excluding tert-OH is 1. The van der Waals surface area contributed by atoms with E-state index in [9.17, 15) is 5.11 Å². The van der Waals surface area contributed by atoms with Crippen LogP contribution in [0.1, 0.15) is 16.5 Å². The van der Waals surface area contributed by atoms with Gasteiger partial charge in [0.25, 0.3) is 0 Å². The molecule has 2 aromatic heterocycles. The average molecular weight is 320 g/mol. The highest BCUT2D eigenvalue weighted by atomic mass is 79.9. The number of benzene rings is 1. The highest BCUT2D eigenvalue weighted by molar-refractivity contribution is 9.10. The minimum absolute atomic E-state index is 0.618. The van der Waals surface area contributed by atoms with Gasteiger partial charge in [-0.2, -0.15) is 0 Å². The van der Waals surface area contributed by atoms with E-state index in [1.807, 2.05) is 35.7 Å². The summed E-state index contributed by atoms with van der Waals surface area (Å²) in [6, 6.07) is 9.83. The van der Waals surface area contributed by atoms with Crippen molar-refractivity contribution in [3.8, 4) is 0 Å². The van der Waals surface area contributed by atoms with Gasteiger partial charge in [0.05, 0.1) is 4.88 Å². The lowest BCUT2D eigenvalue weighted by atomic mass is 10.0. The van der Waals surface area contributed by atoms with Crippen LogP contribution in [0.2, 0.25) is 0 Å². The zero-order valence-corrected chi connectivity index (χ0v) is 11.8. The van der Waals surface area contributed by atoms with Crippen molar-refractivity contribution in [1.82, 2.24) is 4.98 Å². The topological polar surface area (TPSA) is 33.1 Å². The molecule has 90 valence electrons. The van der Waals surface area contributed by atoms with E-state index in [0.717, 1.165) is 25.7 Å². The fourth-order valence-electron chi connectivity index (χ4n) is 2.02. The summed E-state index contributed by atoms with van der Waals surface area (Å²) in [5.41, 5.74) is 0.892. The van der Waals surface area contributed by atoms with Gasteiger partial charge in [0, 0.05) is 22.3 Å². The van der Waals surface area contributed by atoms with Crippen LogP contribution in [0.25, 0.3) is 10.8 Å². The van der Waals surface area contributed by atoms with Crippen LogP contribution >= 0.6 is 27.3 Å². The first kappa shape index (κ1) is 11.8. The number of hydrogen-bond donors (Lipinski definition) is 1. The summed E-state index contributed by atoms with van der Waals surface area (Å²) in [6.07, 6.45) is 2.95. The third-order valence-corrected chi connectivity index (χ3v) is 4.83. The first-order valence-corrected chi connectivity index (χ1v) is 7.18. The molecular formula is C14H10BrNOS. The largest absolute Gasteiger partial charge is 0.383 e. The van der Waals surface area contributed by atoms with Crippen molar-refractivity contribution in [2.45, 2.75) is 6.10 Å².